The number of carbonyl (C=O) groups is 1. The van der Waals surface area contributed by atoms with Gasteiger partial charge in [-0.1, -0.05) is 42.4 Å². The van der Waals surface area contributed by atoms with Crippen LogP contribution < -0.4 is 0 Å². The van der Waals surface area contributed by atoms with Crippen LogP contribution >= 0.6 is 11.8 Å². The maximum Gasteiger partial charge on any atom is 0.192 e. The van der Waals surface area contributed by atoms with Gasteiger partial charge >= 0.3 is 0 Å². The summed E-state index contributed by atoms with van der Waals surface area (Å²) in [6.45, 7) is 6.37. The zero-order chi connectivity index (χ0) is 17.8. The molecule has 130 valence electrons. The van der Waals surface area contributed by atoms with Crippen molar-refractivity contribution in [2.45, 2.75) is 44.1 Å². The smallest absolute Gasteiger partial charge is 0.192 e. The van der Waals surface area contributed by atoms with E-state index in [1.165, 1.54) is 11.8 Å². The van der Waals surface area contributed by atoms with Crippen LogP contribution in [0.15, 0.2) is 52.2 Å². The Hall–Kier alpha value is -2.34. The summed E-state index contributed by atoms with van der Waals surface area (Å²) in [6.07, 6.45) is 2.17. The Labute approximate surface area is 151 Å². The minimum atomic E-state index is -0.157. The first kappa shape index (κ1) is 17.5. The molecule has 0 saturated carbocycles. The van der Waals surface area contributed by atoms with Crippen LogP contribution in [0.25, 0.3) is 11.4 Å². The third-order valence-corrected chi connectivity index (χ3v) is 5.10. The molecular weight excluding hydrogens is 334 g/mol. The Morgan fingerprint density at radius 1 is 1.28 bits per heavy atom. The van der Waals surface area contributed by atoms with E-state index in [4.69, 9.17) is 4.42 Å². The summed E-state index contributed by atoms with van der Waals surface area (Å²) in [5, 5.41) is 9.29. The topological polar surface area (TPSA) is 60.9 Å². The summed E-state index contributed by atoms with van der Waals surface area (Å²) in [5.74, 6) is 1.80. The van der Waals surface area contributed by atoms with E-state index in [2.05, 4.69) is 16.3 Å². The van der Waals surface area contributed by atoms with Crippen LogP contribution in [0.2, 0.25) is 0 Å². The Morgan fingerprint density at radius 3 is 2.80 bits per heavy atom. The van der Waals surface area contributed by atoms with E-state index in [1.54, 1.807) is 6.26 Å². The van der Waals surface area contributed by atoms with Gasteiger partial charge in [0.15, 0.2) is 11.0 Å². The van der Waals surface area contributed by atoms with Crippen LogP contribution in [0.5, 0.6) is 0 Å². The zero-order valence-electron chi connectivity index (χ0n) is 14.6. The number of benzene rings is 1. The predicted octanol–water partition coefficient (Wildman–Crippen LogP) is 4.35. The van der Waals surface area contributed by atoms with Gasteiger partial charge < -0.3 is 4.42 Å². The summed E-state index contributed by atoms with van der Waals surface area (Å²) in [5.41, 5.74) is 2.16. The van der Waals surface area contributed by atoms with E-state index in [0.29, 0.717) is 13.0 Å². The van der Waals surface area contributed by atoms with Gasteiger partial charge in [-0.15, -0.1) is 10.2 Å². The third kappa shape index (κ3) is 4.02. The number of aromatic nitrogens is 3. The van der Waals surface area contributed by atoms with Crippen molar-refractivity contribution in [3.05, 3.63) is 54.0 Å². The highest BCUT2D eigenvalue weighted by Crippen LogP contribution is 2.28. The molecule has 0 N–H and O–H groups in total. The molecular formula is C19H21N3O2S. The SMILES string of the molecule is CCC(=O)C(C)Sc1nnc(-c2cccc(C)c2)n1Cc1ccco1. The Bertz CT molecular complexity index is 855. The van der Waals surface area contributed by atoms with Crippen molar-refractivity contribution in [3.8, 4) is 11.4 Å². The molecule has 2 aromatic heterocycles. The molecule has 0 radical (unpaired) electrons. The fraction of sp³-hybridized carbons (Fsp3) is 0.316. The molecule has 0 spiro atoms. The molecule has 2 heterocycles. The van der Waals surface area contributed by atoms with Crippen molar-refractivity contribution in [1.82, 2.24) is 14.8 Å². The van der Waals surface area contributed by atoms with Crippen LogP contribution in [0.3, 0.4) is 0 Å². The van der Waals surface area contributed by atoms with Gasteiger partial charge in [0.1, 0.15) is 11.5 Å². The second kappa shape index (κ2) is 7.70. The molecule has 0 saturated heterocycles. The third-order valence-electron chi connectivity index (χ3n) is 3.97. The average Bonchev–Trinajstić information content (AvgIpc) is 3.25. The lowest BCUT2D eigenvalue weighted by atomic mass is 10.1. The summed E-state index contributed by atoms with van der Waals surface area (Å²) < 4.78 is 7.51. The fourth-order valence-electron chi connectivity index (χ4n) is 2.59. The lowest BCUT2D eigenvalue weighted by molar-refractivity contribution is -0.118. The normalized spacial score (nSPS) is 12.3. The minimum Gasteiger partial charge on any atom is -0.467 e. The van der Waals surface area contributed by atoms with Gasteiger partial charge in [-0.2, -0.15) is 0 Å². The summed E-state index contributed by atoms with van der Waals surface area (Å²) in [6, 6.07) is 11.9. The Morgan fingerprint density at radius 2 is 2.12 bits per heavy atom. The van der Waals surface area contributed by atoms with Crippen molar-refractivity contribution in [2.24, 2.45) is 0 Å². The number of carbonyl (C=O) groups excluding carboxylic acids is 1. The molecule has 0 aliphatic carbocycles. The van der Waals surface area contributed by atoms with Crippen molar-refractivity contribution < 1.29 is 9.21 Å². The van der Waals surface area contributed by atoms with Gasteiger partial charge in [0.25, 0.3) is 0 Å². The molecule has 1 aromatic carbocycles. The Balaban J connectivity index is 1.99. The molecule has 0 aliphatic heterocycles. The number of thioether (sulfide) groups is 1. The molecule has 0 bridgehead atoms. The van der Waals surface area contributed by atoms with Crippen molar-refractivity contribution in [1.29, 1.82) is 0 Å². The van der Waals surface area contributed by atoms with Gasteiger partial charge in [-0.3, -0.25) is 9.36 Å². The number of nitrogens with zero attached hydrogens (tertiary/aromatic N) is 3. The van der Waals surface area contributed by atoms with E-state index in [-0.39, 0.29) is 11.0 Å². The number of rotatable bonds is 7. The molecule has 0 fully saturated rings. The van der Waals surface area contributed by atoms with E-state index in [9.17, 15) is 4.79 Å². The Kier molecular flexibility index (Phi) is 5.38. The molecule has 6 heteroatoms. The van der Waals surface area contributed by atoms with Crippen molar-refractivity contribution in [2.75, 3.05) is 0 Å². The largest absolute Gasteiger partial charge is 0.467 e. The fourth-order valence-corrected chi connectivity index (χ4v) is 3.57. The van der Waals surface area contributed by atoms with Gasteiger partial charge in [0, 0.05) is 12.0 Å². The van der Waals surface area contributed by atoms with E-state index in [0.717, 1.165) is 27.9 Å². The minimum absolute atomic E-state index is 0.157. The number of hydrogen-bond acceptors (Lipinski definition) is 5. The second-order valence-electron chi connectivity index (χ2n) is 5.92. The molecule has 3 aromatic rings. The van der Waals surface area contributed by atoms with E-state index < -0.39 is 0 Å². The molecule has 25 heavy (non-hydrogen) atoms. The van der Waals surface area contributed by atoms with E-state index in [1.807, 2.05) is 55.7 Å². The predicted molar refractivity (Wildman–Crippen MR) is 98.6 cm³/mol. The van der Waals surface area contributed by atoms with Gasteiger partial charge in [-0.05, 0) is 32.0 Å². The standard InChI is InChI=1S/C19H21N3O2S/c1-4-17(23)14(3)25-19-21-20-18(15-8-5-7-13(2)11-15)22(19)12-16-9-6-10-24-16/h5-11,14H,4,12H2,1-3H3. The van der Waals surface area contributed by atoms with Crippen LogP contribution in [-0.4, -0.2) is 25.8 Å². The number of aryl methyl sites for hydroxylation is 1. The van der Waals surface area contributed by atoms with Gasteiger partial charge in [-0.25, -0.2) is 0 Å². The second-order valence-corrected chi connectivity index (χ2v) is 7.23. The van der Waals surface area contributed by atoms with Gasteiger partial charge in [0.05, 0.1) is 18.1 Å². The molecule has 3 rings (SSSR count). The number of furan rings is 1. The maximum atomic E-state index is 12.0. The van der Waals surface area contributed by atoms with Crippen molar-refractivity contribution in [3.63, 3.8) is 0 Å². The lowest BCUT2D eigenvalue weighted by Gasteiger charge is -2.12. The number of ketones is 1. The van der Waals surface area contributed by atoms with Crippen LogP contribution in [0.1, 0.15) is 31.6 Å². The molecule has 1 atom stereocenters. The molecule has 0 aliphatic rings. The summed E-state index contributed by atoms with van der Waals surface area (Å²) >= 11 is 1.44. The maximum absolute atomic E-state index is 12.0. The van der Waals surface area contributed by atoms with Crippen LogP contribution in [-0.2, 0) is 11.3 Å². The quantitative estimate of drug-likeness (QED) is 0.590. The highest BCUT2D eigenvalue weighted by Gasteiger charge is 2.20. The molecule has 0 amide bonds. The summed E-state index contributed by atoms with van der Waals surface area (Å²) in [4.78, 5) is 12.0. The lowest BCUT2D eigenvalue weighted by Crippen LogP contribution is -2.13. The molecule has 5 nitrogen and oxygen atoms in total. The first-order chi connectivity index (χ1) is 12.1. The summed E-state index contributed by atoms with van der Waals surface area (Å²) in [7, 11) is 0. The first-order valence-electron chi connectivity index (χ1n) is 8.30. The monoisotopic (exact) mass is 355 g/mol. The van der Waals surface area contributed by atoms with Crippen LogP contribution in [0, 0.1) is 6.92 Å². The zero-order valence-corrected chi connectivity index (χ0v) is 15.4. The average molecular weight is 355 g/mol. The number of hydrogen-bond donors (Lipinski definition) is 0. The van der Waals surface area contributed by atoms with Crippen LogP contribution in [0.4, 0.5) is 0 Å². The van der Waals surface area contributed by atoms with E-state index >= 15 is 0 Å². The van der Waals surface area contributed by atoms with Gasteiger partial charge in [0.2, 0.25) is 0 Å². The highest BCUT2D eigenvalue weighted by atomic mass is 32.2. The number of Topliss-reactive ketones (excluding diaryl/α,β-unsaturated/α-hetero) is 1. The first-order valence-corrected chi connectivity index (χ1v) is 9.18. The van der Waals surface area contributed by atoms with Crippen molar-refractivity contribution >= 4 is 17.5 Å². The highest BCUT2D eigenvalue weighted by molar-refractivity contribution is 8.00. The molecule has 1 unspecified atom stereocenters.